The van der Waals surface area contributed by atoms with Crippen molar-refractivity contribution in [1.82, 2.24) is 14.9 Å². The number of rotatable bonds is 5. The second-order valence-electron chi connectivity index (χ2n) is 5.20. The lowest BCUT2D eigenvalue weighted by atomic mass is 10.3. The molecular formula is C15H22ClN5OS. The van der Waals surface area contributed by atoms with Crippen molar-refractivity contribution in [2.75, 3.05) is 43.4 Å². The molecule has 0 aliphatic carbocycles. The van der Waals surface area contributed by atoms with Gasteiger partial charge in [-0.1, -0.05) is 6.07 Å². The van der Waals surface area contributed by atoms with E-state index < -0.39 is 0 Å². The van der Waals surface area contributed by atoms with E-state index in [0.29, 0.717) is 17.6 Å². The summed E-state index contributed by atoms with van der Waals surface area (Å²) in [5, 5.41) is 0.644. The molecule has 0 radical (unpaired) electrons. The molecule has 3 rings (SSSR count). The summed E-state index contributed by atoms with van der Waals surface area (Å²) in [6, 6.07) is 5.94. The smallest absolute Gasteiger partial charge is 0.215 e. The van der Waals surface area contributed by atoms with E-state index in [1.165, 1.54) is 4.88 Å². The molecule has 6 nitrogen and oxygen atoms in total. The van der Waals surface area contributed by atoms with Gasteiger partial charge in [0.15, 0.2) is 5.13 Å². The molecular weight excluding hydrogens is 334 g/mol. The van der Waals surface area contributed by atoms with Gasteiger partial charge < -0.3 is 15.4 Å². The molecule has 0 unspecified atom stereocenters. The van der Waals surface area contributed by atoms with Gasteiger partial charge in [-0.15, -0.1) is 23.7 Å². The lowest BCUT2D eigenvalue weighted by molar-refractivity contribution is 0.251. The largest absolute Gasteiger partial charge is 0.478 e. The maximum atomic E-state index is 5.68. The van der Waals surface area contributed by atoms with E-state index in [1.807, 2.05) is 31.3 Å². The Kier molecular flexibility index (Phi) is 6.44. The highest BCUT2D eigenvalue weighted by Crippen LogP contribution is 2.20. The topological polar surface area (TPSA) is 67.5 Å². The number of anilines is 2. The number of piperazine rings is 1. The Morgan fingerprint density at radius 1 is 1.26 bits per heavy atom. The number of thiazole rings is 1. The second kappa shape index (κ2) is 8.33. The highest BCUT2D eigenvalue weighted by molar-refractivity contribution is 7.15. The van der Waals surface area contributed by atoms with E-state index in [4.69, 9.17) is 10.5 Å². The number of ether oxygens (including phenoxy) is 1. The third kappa shape index (κ3) is 4.70. The molecule has 2 aromatic rings. The molecule has 1 aliphatic heterocycles. The average molecular weight is 356 g/mol. The van der Waals surface area contributed by atoms with Crippen molar-refractivity contribution < 1.29 is 4.74 Å². The van der Waals surface area contributed by atoms with Crippen LogP contribution in [0.5, 0.6) is 5.88 Å². The molecule has 1 saturated heterocycles. The number of nitrogen functional groups attached to an aromatic ring is 1. The number of hydrogen-bond acceptors (Lipinski definition) is 7. The molecule has 1 fully saturated rings. The van der Waals surface area contributed by atoms with E-state index in [0.717, 1.165) is 38.5 Å². The zero-order chi connectivity index (χ0) is 15.4. The first-order valence-corrected chi connectivity index (χ1v) is 8.33. The summed E-state index contributed by atoms with van der Waals surface area (Å²) in [6.45, 7) is 7.50. The number of halogens is 1. The number of aromatic nitrogens is 2. The molecule has 0 saturated carbocycles. The summed E-state index contributed by atoms with van der Waals surface area (Å²) < 4.78 is 5.47. The lowest BCUT2D eigenvalue weighted by Crippen LogP contribution is -2.46. The van der Waals surface area contributed by atoms with Crippen LogP contribution in [0.2, 0.25) is 0 Å². The minimum atomic E-state index is 0. The van der Waals surface area contributed by atoms with Crippen LogP contribution in [0, 0.1) is 0 Å². The van der Waals surface area contributed by atoms with Gasteiger partial charge >= 0.3 is 0 Å². The van der Waals surface area contributed by atoms with Crippen molar-refractivity contribution in [3.63, 3.8) is 0 Å². The van der Waals surface area contributed by atoms with Crippen molar-refractivity contribution in [1.29, 1.82) is 0 Å². The van der Waals surface area contributed by atoms with E-state index in [-0.39, 0.29) is 12.4 Å². The van der Waals surface area contributed by atoms with Gasteiger partial charge in [0.25, 0.3) is 0 Å². The van der Waals surface area contributed by atoms with Crippen LogP contribution in [-0.4, -0.2) is 47.7 Å². The molecule has 0 bridgehead atoms. The van der Waals surface area contributed by atoms with E-state index in [2.05, 4.69) is 19.8 Å². The fourth-order valence-electron chi connectivity index (χ4n) is 2.56. The van der Waals surface area contributed by atoms with Crippen LogP contribution in [0.1, 0.15) is 11.8 Å². The summed E-state index contributed by atoms with van der Waals surface area (Å²) >= 11 is 1.57. The standard InChI is InChI=1S/C15H21N5OS.ClH/c1-2-21-14-5-3-4-13(18-14)20-8-6-19(7-9-20)11-12-10-17-15(16)22-12;/h3-5,10H,2,6-9,11H2,1H3,(H2,16,17);1H. The Hall–Kier alpha value is -1.57. The van der Waals surface area contributed by atoms with Crippen LogP contribution in [0.15, 0.2) is 24.4 Å². The van der Waals surface area contributed by atoms with Crippen molar-refractivity contribution in [2.45, 2.75) is 13.5 Å². The van der Waals surface area contributed by atoms with Crippen LogP contribution < -0.4 is 15.4 Å². The molecule has 1 aliphatic rings. The minimum absolute atomic E-state index is 0. The first-order valence-electron chi connectivity index (χ1n) is 7.52. The van der Waals surface area contributed by atoms with Crippen molar-refractivity contribution in [3.8, 4) is 5.88 Å². The summed E-state index contributed by atoms with van der Waals surface area (Å²) in [6.07, 6.45) is 1.87. The number of nitrogens with zero attached hydrogens (tertiary/aromatic N) is 4. The zero-order valence-corrected chi connectivity index (χ0v) is 14.8. The number of hydrogen-bond donors (Lipinski definition) is 1. The predicted molar refractivity (Wildman–Crippen MR) is 96.7 cm³/mol. The Balaban J connectivity index is 0.00000192. The fourth-order valence-corrected chi connectivity index (χ4v) is 3.29. The molecule has 0 aromatic carbocycles. The molecule has 0 amide bonds. The Morgan fingerprint density at radius 2 is 2.04 bits per heavy atom. The predicted octanol–water partition coefficient (Wildman–Crippen LogP) is 2.26. The molecule has 0 spiro atoms. The van der Waals surface area contributed by atoms with E-state index in [9.17, 15) is 0 Å². The van der Waals surface area contributed by atoms with Gasteiger partial charge in [-0.2, -0.15) is 4.98 Å². The fraction of sp³-hybridized carbons (Fsp3) is 0.467. The zero-order valence-electron chi connectivity index (χ0n) is 13.1. The van der Waals surface area contributed by atoms with Gasteiger partial charge in [0.05, 0.1) is 6.61 Å². The second-order valence-corrected chi connectivity index (χ2v) is 6.34. The molecule has 3 heterocycles. The van der Waals surface area contributed by atoms with Gasteiger partial charge in [-0.3, -0.25) is 4.90 Å². The summed E-state index contributed by atoms with van der Waals surface area (Å²) in [4.78, 5) is 14.6. The summed E-state index contributed by atoms with van der Waals surface area (Å²) in [5.74, 6) is 1.69. The summed E-state index contributed by atoms with van der Waals surface area (Å²) in [5.41, 5.74) is 5.68. The molecule has 2 aromatic heterocycles. The van der Waals surface area contributed by atoms with Crippen LogP contribution in [0.25, 0.3) is 0 Å². The SMILES string of the molecule is CCOc1cccc(N2CCN(Cc3cnc(N)s3)CC2)n1.Cl. The van der Waals surface area contributed by atoms with Gasteiger partial charge in [0, 0.05) is 49.9 Å². The maximum absolute atomic E-state index is 5.68. The Labute approximate surface area is 146 Å². The average Bonchev–Trinajstić information content (AvgIpc) is 2.94. The first kappa shape index (κ1) is 17.8. The summed E-state index contributed by atoms with van der Waals surface area (Å²) in [7, 11) is 0. The third-order valence-electron chi connectivity index (χ3n) is 3.65. The van der Waals surface area contributed by atoms with Crippen molar-refractivity contribution >= 4 is 34.7 Å². The molecule has 8 heteroatoms. The third-order valence-corrected chi connectivity index (χ3v) is 4.46. The van der Waals surface area contributed by atoms with E-state index in [1.54, 1.807) is 11.3 Å². The Morgan fingerprint density at radius 3 is 2.70 bits per heavy atom. The first-order chi connectivity index (χ1) is 10.7. The van der Waals surface area contributed by atoms with Gasteiger partial charge in [-0.25, -0.2) is 4.98 Å². The molecule has 126 valence electrons. The highest BCUT2D eigenvalue weighted by atomic mass is 35.5. The quantitative estimate of drug-likeness (QED) is 0.887. The number of pyridine rings is 1. The molecule has 0 atom stereocenters. The monoisotopic (exact) mass is 355 g/mol. The van der Waals surface area contributed by atoms with Gasteiger partial charge in [0.2, 0.25) is 5.88 Å². The van der Waals surface area contributed by atoms with Gasteiger partial charge in [-0.05, 0) is 13.0 Å². The minimum Gasteiger partial charge on any atom is -0.478 e. The lowest BCUT2D eigenvalue weighted by Gasteiger charge is -2.35. The number of nitrogens with two attached hydrogens (primary N) is 1. The molecule has 2 N–H and O–H groups in total. The maximum Gasteiger partial charge on any atom is 0.215 e. The Bertz CT molecular complexity index is 615. The van der Waals surface area contributed by atoms with Crippen molar-refractivity contribution in [2.24, 2.45) is 0 Å². The highest BCUT2D eigenvalue weighted by Gasteiger charge is 2.19. The van der Waals surface area contributed by atoms with Crippen LogP contribution >= 0.6 is 23.7 Å². The van der Waals surface area contributed by atoms with Crippen LogP contribution in [0.3, 0.4) is 0 Å². The molecule has 23 heavy (non-hydrogen) atoms. The normalized spacial score (nSPS) is 15.3. The van der Waals surface area contributed by atoms with Gasteiger partial charge in [0.1, 0.15) is 5.82 Å². The van der Waals surface area contributed by atoms with Crippen LogP contribution in [0.4, 0.5) is 10.9 Å². The van der Waals surface area contributed by atoms with Crippen LogP contribution in [-0.2, 0) is 6.54 Å². The van der Waals surface area contributed by atoms with E-state index >= 15 is 0 Å². The van der Waals surface area contributed by atoms with Crippen molar-refractivity contribution in [3.05, 3.63) is 29.3 Å².